The van der Waals surface area contributed by atoms with Gasteiger partial charge in [-0.05, 0) is 48.5 Å². The summed E-state index contributed by atoms with van der Waals surface area (Å²) in [6.07, 6.45) is 1.85. The Hall–Kier alpha value is -3.61. The van der Waals surface area contributed by atoms with Crippen molar-refractivity contribution in [3.8, 4) is 0 Å². The molecule has 4 rings (SSSR count). The first-order chi connectivity index (χ1) is 13.4. The van der Waals surface area contributed by atoms with Gasteiger partial charge in [-0.25, -0.2) is 4.39 Å². The Morgan fingerprint density at radius 1 is 1.07 bits per heavy atom. The number of halogens is 1. The number of nitrogens with one attached hydrogen (secondary N) is 2. The standard InChI is InChI=1S/C21H19FN4O2/c1-25(2)20(27)12-26-8-7-13-10-16(4-6-19(13)26)23-21(28)18-11-14-9-15(22)3-5-17(14)24-18/h3-11,24H,12H2,1-2H3,(H,23,28). The molecule has 0 fully saturated rings. The number of hydrogen-bond acceptors (Lipinski definition) is 2. The summed E-state index contributed by atoms with van der Waals surface area (Å²) in [7, 11) is 3.44. The van der Waals surface area contributed by atoms with Crippen LogP contribution in [0.15, 0.2) is 54.7 Å². The zero-order valence-electron chi connectivity index (χ0n) is 15.5. The number of aromatic nitrogens is 2. The lowest BCUT2D eigenvalue weighted by molar-refractivity contribution is -0.129. The molecule has 2 N–H and O–H groups in total. The molecule has 6 nitrogen and oxygen atoms in total. The number of likely N-dealkylation sites (N-methyl/N-ethyl adjacent to an activating group) is 1. The van der Waals surface area contributed by atoms with Gasteiger partial charge in [0.15, 0.2) is 0 Å². The van der Waals surface area contributed by atoms with Gasteiger partial charge in [-0.1, -0.05) is 0 Å². The molecule has 0 radical (unpaired) electrons. The number of carbonyl (C=O) groups excluding carboxylic acids is 2. The summed E-state index contributed by atoms with van der Waals surface area (Å²) in [6.45, 7) is 0.258. The van der Waals surface area contributed by atoms with E-state index in [9.17, 15) is 14.0 Å². The average molecular weight is 378 g/mol. The molecule has 0 saturated heterocycles. The minimum atomic E-state index is -0.346. The van der Waals surface area contributed by atoms with E-state index in [-0.39, 0.29) is 24.2 Å². The highest BCUT2D eigenvalue weighted by atomic mass is 19.1. The Kier molecular flexibility index (Phi) is 4.35. The van der Waals surface area contributed by atoms with Crippen LogP contribution in [0.1, 0.15) is 10.5 Å². The fourth-order valence-corrected chi connectivity index (χ4v) is 3.13. The van der Waals surface area contributed by atoms with Gasteiger partial charge < -0.3 is 19.8 Å². The fourth-order valence-electron chi connectivity index (χ4n) is 3.13. The summed E-state index contributed by atoms with van der Waals surface area (Å²) in [6, 6.07) is 13.4. The first kappa shape index (κ1) is 17.8. The number of anilines is 1. The first-order valence-electron chi connectivity index (χ1n) is 8.79. The highest BCUT2D eigenvalue weighted by Gasteiger charge is 2.12. The van der Waals surface area contributed by atoms with Crippen LogP contribution in [0.5, 0.6) is 0 Å². The Labute approximate surface area is 160 Å². The van der Waals surface area contributed by atoms with E-state index in [1.54, 1.807) is 37.2 Å². The third-order valence-corrected chi connectivity index (χ3v) is 4.66. The number of carbonyl (C=O) groups is 2. The molecule has 0 atom stereocenters. The molecule has 0 aliphatic rings. The number of H-pyrrole nitrogens is 1. The van der Waals surface area contributed by atoms with Gasteiger partial charge in [0.2, 0.25) is 5.91 Å². The summed E-state index contributed by atoms with van der Waals surface area (Å²) in [4.78, 5) is 29.0. The van der Waals surface area contributed by atoms with Gasteiger partial charge in [0.25, 0.3) is 5.91 Å². The molecule has 7 heteroatoms. The van der Waals surface area contributed by atoms with E-state index in [0.717, 1.165) is 10.9 Å². The molecule has 2 aromatic heterocycles. The first-order valence-corrected chi connectivity index (χ1v) is 8.79. The molecule has 0 aliphatic heterocycles. The van der Waals surface area contributed by atoms with Crippen LogP contribution >= 0.6 is 0 Å². The monoisotopic (exact) mass is 378 g/mol. The van der Waals surface area contributed by atoms with Crippen molar-refractivity contribution in [2.24, 2.45) is 0 Å². The second-order valence-electron chi connectivity index (χ2n) is 6.87. The molecule has 142 valence electrons. The third kappa shape index (κ3) is 3.34. The van der Waals surface area contributed by atoms with Gasteiger partial charge in [-0.15, -0.1) is 0 Å². The zero-order valence-corrected chi connectivity index (χ0v) is 15.5. The molecule has 0 unspecified atom stereocenters. The summed E-state index contributed by atoms with van der Waals surface area (Å²) < 4.78 is 15.2. The van der Waals surface area contributed by atoms with E-state index in [1.807, 2.05) is 29.0 Å². The molecular weight excluding hydrogens is 359 g/mol. The van der Waals surface area contributed by atoms with E-state index in [2.05, 4.69) is 10.3 Å². The summed E-state index contributed by atoms with van der Waals surface area (Å²) >= 11 is 0. The van der Waals surface area contributed by atoms with Crippen LogP contribution < -0.4 is 5.32 Å². The van der Waals surface area contributed by atoms with Crippen LogP contribution in [-0.2, 0) is 11.3 Å². The van der Waals surface area contributed by atoms with Gasteiger partial charge in [0, 0.05) is 47.8 Å². The van der Waals surface area contributed by atoms with Crippen LogP contribution in [0, 0.1) is 5.82 Å². The third-order valence-electron chi connectivity index (χ3n) is 4.66. The van der Waals surface area contributed by atoms with Crippen molar-refractivity contribution in [2.75, 3.05) is 19.4 Å². The van der Waals surface area contributed by atoms with Gasteiger partial charge in [0.05, 0.1) is 0 Å². The predicted octanol–water partition coefficient (Wildman–Crippen LogP) is 3.60. The number of benzene rings is 2. The number of hydrogen-bond donors (Lipinski definition) is 2. The summed E-state index contributed by atoms with van der Waals surface area (Å²) in [5.74, 6) is -0.649. The van der Waals surface area contributed by atoms with Crippen molar-refractivity contribution < 1.29 is 14.0 Å². The number of nitrogens with zero attached hydrogens (tertiary/aromatic N) is 2. The predicted molar refractivity (Wildman–Crippen MR) is 107 cm³/mol. The van der Waals surface area contributed by atoms with Crippen molar-refractivity contribution in [3.63, 3.8) is 0 Å². The van der Waals surface area contributed by atoms with Gasteiger partial charge in [0.1, 0.15) is 18.1 Å². The zero-order chi connectivity index (χ0) is 19.8. The molecule has 0 aliphatic carbocycles. The lowest BCUT2D eigenvalue weighted by Crippen LogP contribution is -2.25. The quantitative estimate of drug-likeness (QED) is 0.570. The Balaban J connectivity index is 1.55. The van der Waals surface area contributed by atoms with Crippen LogP contribution in [-0.4, -0.2) is 40.4 Å². The van der Waals surface area contributed by atoms with E-state index < -0.39 is 0 Å². The number of rotatable bonds is 4. The maximum atomic E-state index is 13.3. The molecule has 2 aromatic carbocycles. The van der Waals surface area contributed by atoms with Crippen LogP contribution in [0.3, 0.4) is 0 Å². The van der Waals surface area contributed by atoms with Gasteiger partial charge in [-0.3, -0.25) is 9.59 Å². The van der Waals surface area contributed by atoms with Crippen LogP contribution in [0.25, 0.3) is 21.8 Å². The van der Waals surface area contributed by atoms with E-state index in [4.69, 9.17) is 0 Å². The highest BCUT2D eigenvalue weighted by molar-refractivity contribution is 6.06. The molecule has 2 amide bonds. The maximum Gasteiger partial charge on any atom is 0.272 e. The minimum Gasteiger partial charge on any atom is -0.351 e. The second-order valence-corrected chi connectivity index (χ2v) is 6.87. The Morgan fingerprint density at radius 2 is 1.89 bits per heavy atom. The number of amides is 2. The number of fused-ring (bicyclic) bond motifs is 2. The Bertz CT molecular complexity index is 1210. The maximum absolute atomic E-state index is 13.3. The van der Waals surface area contributed by atoms with Crippen LogP contribution in [0.4, 0.5) is 10.1 Å². The Morgan fingerprint density at radius 3 is 2.68 bits per heavy atom. The normalized spacial score (nSPS) is 11.1. The molecular formula is C21H19FN4O2. The fraction of sp³-hybridized carbons (Fsp3) is 0.143. The summed E-state index contributed by atoms with van der Waals surface area (Å²) in [5.41, 5.74) is 2.60. The van der Waals surface area contributed by atoms with Crippen molar-refractivity contribution >= 4 is 39.3 Å². The lowest BCUT2D eigenvalue weighted by Gasteiger charge is -2.12. The molecule has 0 saturated carbocycles. The van der Waals surface area contributed by atoms with Crippen molar-refractivity contribution in [1.82, 2.24) is 14.5 Å². The largest absolute Gasteiger partial charge is 0.351 e. The summed E-state index contributed by atoms with van der Waals surface area (Å²) in [5, 5.41) is 4.41. The number of aromatic amines is 1. The highest BCUT2D eigenvalue weighted by Crippen LogP contribution is 2.22. The van der Waals surface area contributed by atoms with Crippen molar-refractivity contribution in [2.45, 2.75) is 6.54 Å². The topological polar surface area (TPSA) is 70.1 Å². The van der Waals surface area contributed by atoms with Crippen LogP contribution in [0.2, 0.25) is 0 Å². The molecule has 4 aromatic rings. The molecule has 2 heterocycles. The second kappa shape index (κ2) is 6.84. The van der Waals surface area contributed by atoms with Crippen molar-refractivity contribution in [3.05, 3.63) is 66.2 Å². The molecule has 0 bridgehead atoms. The molecule has 0 spiro atoms. The minimum absolute atomic E-state index is 0.00475. The molecule has 28 heavy (non-hydrogen) atoms. The van der Waals surface area contributed by atoms with Crippen molar-refractivity contribution in [1.29, 1.82) is 0 Å². The van der Waals surface area contributed by atoms with E-state index in [0.29, 0.717) is 22.3 Å². The smallest absolute Gasteiger partial charge is 0.272 e. The average Bonchev–Trinajstić information content (AvgIpc) is 3.25. The lowest BCUT2D eigenvalue weighted by atomic mass is 10.2. The van der Waals surface area contributed by atoms with Gasteiger partial charge >= 0.3 is 0 Å². The SMILES string of the molecule is CN(C)C(=O)Cn1ccc2cc(NC(=O)c3cc4cc(F)ccc4[nH]3)ccc21. The van der Waals surface area contributed by atoms with E-state index >= 15 is 0 Å². The van der Waals surface area contributed by atoms with Gasteiger partial charge in [-0.2, -0.15) is 0 Å². The van der Waals surface area contributed by atoms with E-state index in [1.165, 1.54) is 12.1 Å².